The fourth-order valence-electron chi connectivity index (χ4n) is 4.49. The SMILES string of the molecule is CCc1ccccc1NC(=O)CN1CCN(C(=O)NCc2ccc(N3CCN(C)CC3)nc2)CC1. The first-order chi connectivity index (χ1) is 17.0. The zero-order valence-corrected chi connectivity index (χ0v) is 20.9. The van der Waals surface area contributed by atoms with Crippen LogP contribution in [-0.2, 0) is 17.8 Å². The molecule has 2 N–H and O–H groups in total. The number of nitrogens with zero attached hydrogens (tertiary/aromatic N) is 5. The van der Waals surface area contributed by atoms with Gasteiger partial charge in [-0.25, -0.2) is 9.78 Å². The van der Waals surface area contributed by atoms with E-state index in [0.29, 0.717) is 39.3 Å². The van der Waals surface area contributed by atoms with E-state index >= 15 is 0 Å². The normalized spacial score (nSPS) is 17.3. The maximum absolute atomic E-state index is 12.6. The summed E-state index contributed by atoms with van der Waals surface area (Å²) in [6.45, 7) is 9.49. The van der Waals surface area contributed by atoms with Crippen molar-refractivity contribution in [1.29, 1.82) is 0 Å². The molecule has 3 amide bonds. The molecule has 0 saturated carbocycles. The zero-order valence-electron chi connectivity index (χ0n) is 20.9. The molecule has 2 aromatic rings. The number of rotatable bonds is 7. The molecule has 2 aliphatic heterocycles. The molecule has 0 spiro atoms. The molecule has 2 saturated heterocycles. The smallest absolute Gasteiger partial charge is 0.317 e. The lowest BCUT2D eigenvalue weighted by molar-refractivity contribution is -0.117. The van der Waals surface area contributed by atoms with E-state index in [1.807, 2.05) is 47.5 Å². The number of anilines is 2. The Bertz CT molecular complexity index is 981. The molecule has 1 aromatic heterocycles. The molecule has 0 aliphatic carbocycles. The summed E-state index contributed by atoms with van der Waals surface area (Å²) < 4.78 is 0. The molecule has 2 fully saturated rings. The van der Waals surface area contributed by atoms with Gasteiger partial charge in [-0.1, -0.05) is 31.2 Å². The van der Waals surface area contributed by atoms with Crippen molar-refractivity contribution in [2.75, 3.05) is 76.2 Å². The molecule has 35 heavy (non-hydrogen) atoms. The second-order valence-corrected chi connectivity index (χ2v) is 9.30. The molecule has 0 unspecified atom stereocenters. The summed E-state index contributed by atoms with van der Waals surface area (Å²) in [6.07, 6.45) is 2.72. The van der Waals surface area contributed by atoms with Crippen molar-refractivity contribution in [1.82, 2.24) is 25.0 Å². The Balaban J connectivity index is 1.17. The van der Waals surface area contributed by atoms with Gasteiger partial charge in [0.15, 0.2) is 0 Å². The highest BCUT2D eigenvalue weighted by molar-refractivity contribution is 5.93. The molecule has 0 bridgehead atoms. The van der Waals surface area contributed by atoms with Gasteiger partial charge in [0.25, 0.3) is 0 Å². The number of para-hydroxylation sites is 1. The maximum atomic E-state index is 12.6. The molecule has 0 atom stereocenters. The number of carbonyl (C=O) groups excluding carboxylic acids is 2. The molecule has 188 valence electrons. The van der Waals surface area contributed by atoms with Gasteiger partial charge in [0.05, 0.1) is 6.54 Å². The molecule has 1 aromatic carbocycles. The summed E-state index contributed by atoms with van der Waals surface area (Å²) in [5.74, 6) is 0.975. The molecule has 3 heterocycles. The maximum Gasteiger partial charge on any atom is 0.317 e. The van der Waals surface area contributed by atoms with Crippen molar-refractivity contribution in [3.05, 3.63) is 53.7 Å². The van der Waals surface area contributed by atoms with Crippen molar-refractivity contribution >= 4 is 23.4 Å². The zero-order chi connectivity index (χ0) is 24.6. The number of carbonyl (C=O) groups is 2. The highest BCUT2D eigenvalue weighted by Crippen LogP contribution is 2.16. The fourth-order valence-corrected chi connectivity index (χ4v) is 4.49. The summed E-state index contributed by atoms with van der Waals surface area (Å²) in [5.41, 5.74) is 2.99. The summed E-state index contributed by atoms with van der Waals surface area (Å²) in [6, 6.07) is 11.9. The predicted octanol–water partition coefficient (Wildman–Crippen LogP) is 1.86. The van der Waals surface area contributed by atoms with E-state index < -0.39 is 0 Å². The van der Waals surface area contributed by atoms with E-state index in [4.69, 9.17) is 0 Å². The van der Waals surface area contributed by atoms with Gasteiger partial charge in [-0.15, -0.1) is 0 Å². The highest BCUT2D eigenvalue weighted by Gasteiger charge is 2.22. The lowest BCUT2D eigenvalue weighted by Gasteiger charge is -2.34. The van der Waals surface area contributed by atoms with Crippen LogP contribution in [-0.4, -0.2) is 97.6 Å². The molecule has 9 nitrogen and oxygen atoms in total. The van der Waals surface area contributed by atoms with E-state index in [2.05, 4.69) is 44.3 Å². The van der Waals surface area contributed by atoms with Gasteiger partial charge in [-0.3, -0.25) is 9.69 Å². The largest absolute Gasteiger partial charge is 0.354 e. The first kappa shape index (κ1) is 24.9. The average molecular weight is 480 g/mol. The predicted molar refractivity (Wildman–Crippen MR) is 139 cm³/mol. The van der Waals surface area contributed by atoms with Crippen molar-refractivity contribution in [2.24, 2.45) is 0 Å². The minimum atomic E-state index is -0.0749. The monoisotopic (exact) mass is 479 g/mol. The number of urea groups is 1. The summed E-state index contributed by atoms with van der Waals surface area (Å²) in [5, 5.41) is 6.03. The van der Waals surface area contributed by atoms with Gasteiger partial charge in [0, 0.05) is 70.8 Å². The number of hydrogen-bond acceptors (Lipinski definition) is 6. The number of pyridine rings is 1. The Morgan fingerprint density at radius 2 is 1.69 bits per heavy atom. The van der Waals surface area contributed by atoms with Gasteiger partial charge in [-0.2, -0.15) is 0 Å². The Kier molecular flexibility index (Phi) is 8.54. The van der Waals surface area contributed by atoms with Crippen LogP contribution in [0.3, 0.4) is 0 Å². The summed E-state index contributed by atoms with van der Waals surface area (Å²) >= 11 is 0. The standard InChI is InChI=1S/C26H37N7O2/c1-3-22-6-4-5-7-23(22)29-25(34)20-31-12-16-33(17-13-31)26(35)28-19-21-8-9-24(27-18-21)32-14-10-30(2)11-15-32/h4-9,18H,3,10-17,19-20H2,1-2H3,(H,28,35)(H,29,34). The van der Waals surface area contributed by atoms with Crippen LogP contribution >= 0.6 is 0 Å². The third-order valence-electron chi connectivity index (χ3n) is 6.78. The Labute approximate surface area is 208 Å². The Morgan fingerprint density at radius 1 is 0.943 bits per heavy atom. The molecule has 9 heteroatoms. The van der Waals surface area contributed by atoms with Crippen LogP contribution in [0.25, 0.3) is 0 Å². The Morgan fingerprint density at radius 3 is 2.37 bits per heavy atom. The van der Waals surface area contributed by atoms with Gasteiger partial charge in [0.1, 0.15) is 5.82 Å². The number of likely N-dealkylation sites (N-methyl/N-ethyl adjacent to an activating group) is 1. The first-order valence-electron chi connectivity index (χ1n) is 12.5. The van der Waals surface area contributed by atoms with E-state index in [-0.39, 0.29) is 11.9 Å². The first-order valence-corrected chi connectivity index (χ1v) is 12.5. The molecular weight excluding hydrogens is 442 g/mol. The molecular formula is C26H37N7O2. The molecule has 4 rings (SSSR count). The van der Waals surface area contributed by atoms with E-state index in [0.717, 1.165) is 55.2 Å². The molecule has 2 aliphatic rings. The second-order valence-electron chi connectivity index (χ2n) is 9.30. The van der Waals surface area contributed by atoms with Crippen LogP contribution in [0.4, 0.5) is 16.3 Å². The van der Waals surface area contributed by atoms with Crippen molar-refractivity contribution in [2.45, 2.75) is 19.9 Å². The number of piperazine rings is 2. The van der Waals surface area contributed by atoms with E-state index in [1.165, 1.54) is 0 Å². The van der Waals surface area contributed by atoms with Crippen LogP contribution in [0.5, 0.6) is 0 Å². The van der Waals surface area contributed by atoms with Crippen molar-refractivity contribution in [3.63, 3.8) is 0 Å². The number of aryl methyl sites for hydroxylation is 1. The van der Waals surface area contributed by atoms with Crippen LogP contribution < -0.4 is 15.5 Å². The lowest BCUT2D eigenvalue weighted by atomic mass is 10.1. The molecule has 0 radical (unpaired) electrons. The van der Waals surface area contributed by atoms with Gasteiger partial charge >= 0.3 is 6.03 Å². The van der Waals surface area contributed by atoms with Gasteiger partial charge in [-0.05, 0) is 36.7 Å². The number of aromatic nitrogens is 1. The Hall–Kier alpha value is -3.17. The van der Waals surface area contributed by atoms with Crippen molar-refractivity contribution in [3.8, 4) is 0 Å². The van der Waals surface area contributed by atoms with Crippen LogP contribution in [0.1, 0.15) is 18.1 Å². The van der Waals surface area contributed by atoms with Crippen molar-refractivity contribution < 1.29 is 9.59 Å². The third kappa shape index (κ3) is 6.93. The number of hydrogen-bond donors (Lipinski definition) is 2. The van der Waals surface area contributed by atoms with Gasteiger partial charge < -0.3 is 25.3 Å². The van der Waals surface area contributed by atoms with Gasteiger partial charge in [0.2, 0.25) is 5.91 Å². The third-order valence-corrected chi connectivity index (χ3v) is 6.78. The number of amides is 3. The fraction of sp³-hybridized carbons (Fsp3) is 0.500. The summed E-state index contributed by atoms with van der Waals surface area (Å²) in [7, 11) is 2.14. The number of nitrogens with one attached hydrogen (secondary N) is 2. The van der Waals surface area contributed by atoms with E-state index in [9.17, 15) is 9.59 Å². The van der Waals surface area contributed by atoms with Crippen LogP contribution in [0, 0.1) is 0 Å². The number of benzene rings is 1. The minimum absolute atomic E-state index is 0.0173. The summed E-state index contributed by atoms with van der Waals surface area (Å²) in [4.78, 5) is 38.3. The lowest BCUT2D eigenvalue weighted by Crippen LogP contribution is -2.52. The topological polar surface area (TPSA) is 84.0 Å². The van der Waals surface area contributed by atoms with Crippen LogP contribution in [0.15, 0.2) is 42.6 Å². The highest BCUT2D eigenvalue weighted by atomic mass is 16.2. The average Bonchev–Trinajstić information content (AvgIpc) is 2.89. The minimum Gasteiger partial charge on any atom is -0.354 e. The van der Waals surface area contributed by atoms with Crippen LogP contribution in [0.2, 0.25) is 0 Å². The quantitative estimate of drug-likeness (QED) is 0.631. The second kappa shape index (κ2) is 12.0. The van der Waals surface area contributed by atoms with E-state index in [1.54, 1.807) is 0 Å².